The van der Waals surface area contributed by atoms with Gasteiger partial charge in [0.25, 0.3) is 0 Å². The third-order valence-corrected chi connectivity index (χ3v) is 2.74. The highest BCUT2D eigenvalue weighted by atomic mass is 14.9. The van der Waals surface area contributed by atoms with Crippen LogP contribution in [0.5, 0.6) is 0 Å². The Morgan fingerprint density at radius 2 is 2.00 bits per heavy atom. The van der Waals surface area contributed by atoms with Crippen LogP contribution in [0.4, 0.5) is 0 Å². The molecule has 1 rings (SSSR count). The Hall–Kier alpha value is -1.26. The van der Waals surface area contributed by atoms with Gasteiger partial charge in [0.1, 0.15) is 0 Å². The number of hydrogen-bond acceptors (Lipinski definition) is 1. The van der Waals surface area contributed by atoms with E-state index >= 15 is 0 Å². The minimum Gasteiger partial charge on any atom is -0.304 e. The van der Waals surface area contributed by atoms with Crippen LogP contribution >= 0.6 is 0 Å². The van der Waals surface area contributed by atoms with Crippen molar-refractivity contribution in [2.45, 2.75) is 38.6 Å². The zero-order chi connectivity index (χ0) is 11.6. The zero-order valence-corrected chi connectivity index (χ0v) is 10.1. The highest BCUT2D eigenvalue weighted by Gasteiger charge is 1.99. The highest BCUT2D eigenvalue weighted by molar-refractivity contribution is 5.14. The molecule has 86 valence electrons. The molecule has 0 fully saturated rings. The molecular formula is C15H21N. The van der Waals surface area contributed by atoms with Crippen LogP contribution in [-0.2, 0) is 6.42 Å². The van der Waals surface area contributed by atoms with Gasteiger partial charge in [-0.25, -0.2) is 0 Å². The van der Waals surface area contributed by atoms with E-state index in [1.54, 1.807) is 0 Å². The van der Waals surface area contributed by atoms with E-state index < -0.39 is 0 Å². The van der Waals surface area contributed by atoms with Crippen LogP contribution in [0.25, 0.3) is 0 Å². The topological polar surface area (TPSA) is 12.0 Å². The van der Waals surface area contributed by atoms with Gasteiger partial charge in [0.15, 0.2) is 0 Å². The second kappa shape index (κ2) is 7.96. The number of unbranched alkanes of at least 4 members (excludes halogenated alkanes) is 1. The van der Waals surface area contributed by atoms with Gasteiger partial charge in [-0.15, -0.1) is 6.42 Å². The van der Waals surface area contributed by atoms with Crippen molar-refractivity contribution < 1.29 is 0 Å². The van der Waals surface area contributed by atoms with Crippen molar-refractivity contribution in [1.82, 2.24) is 5.32 Å². The van der Waals surface area contributed by atoms with Crippen LogP contribution in [-0.4, -0.2) is 12.6 Å². The maximum Gasteiger partial charge on any atom is 0.0684 e. The molecule has 1 atom stereocenters. The number of nitrogens with one attached hydrogen (secondary N) is 1. The van der Waals surface area contributed by atoms with Crippen LogP contribution in [0.2, 0.25) is 0 Å². The van der Waals surface area contributed by atoms with E-state index in [9.17, 15) is 0 Å². The fraction of sp³-hybridized carbons (Fsp3) is 0.467. The molecule has 1 heteroatoms. The lowest BCUT2D eigenvalue weighted by molar-refractivity contribution is 0.561. The molecule has 1 unspecified atom stereocenters. The number of benzene rings is 1. The lowest BCUT2D eigenvalue weighted by Crippen LogP contribution is -2.27. The van der Waals surface area contributed by atoms with Crippen LogP contribution in [0, 0.1) is 12.3 Å². The SMILES string of the molecule is C#CC(CC)NCCCCc1ccccc1. The lowest BCUT2D eigenvalue weighted by Gasteiger charge is -2.09. The van der Waals surface area contributed by atoms with Crippen molar-refractivity contribution >= 4 is 0 Å². The van der Waals surface area contributed by atoms with Gasteiger partial charge in [0.2, 0.25) is 0 Å². The molecule has 16 heavy (non-hydrogen) atoms. The molecule has 0 aromatic heterocycles. The van der Waals surface area contributed by atoms with E-state index in [1.807, 2.05) is 0 Å². The Labute approximate surface area is 99.3 Å². The maximum absolute atomic E-state index is 5.38. The summed E-state index contributed by atoms with van der Waals surface area (Å²) in [5.41, 5.74) is 1.42. The van der Waals surface area contributed by atoms with Crippen molar-refractivity contribution in [2.75, 3.05) is 6.54 Å². The van der Waals surface area contributed by atoms with Gasteiger partial charge in [-0.1, -0.05) is 43.2 Å². The molecule has 0 amide bonds. The average Bonchev–Trinajstić information content (AvgIpc) is 2.35. The molecule has 0 aliphatic heterocycles. The van der Waals surface area contributed by atoms with Gasteiger partial charge in [-0.3, -0.25) is 0 Å². The summed E-state index contributed by atoms with van der Waals surface area (Å²) in [6.45, 7) is 3.14. The van der Waals surface area contributed by atoms with Crippen LogP contribution in [0.1, 0.15) is 31.7 Å². The van der Waals surface area contributed by atoms with Gasteiger partial charge in [-0.2, -0.15) is 0 Å². The van der Waals surface area contributed by atoms with E-state index in [-0.39, 0.29) is 6.04 Å². The molecule has 0 aliphatic carbocycles. The second-order valence-electron chi connectivity index (χ2n) is 4.02. The molecule has 0 saturated carbocycles. The van der Waals surface area contributed by atoms with Gasteiger partial charge < -0.3 is 5.32 Å². The van der Waals surface area contributed by atoms with Gasteiger partial charge in [0, 0.05) is 0 Å². The van der Waals surface area contributed by atoms with Crippen LogP contribution < -0.4 is 5.32 Å². The molecule has 0 bridgehead atoms. The third-order valence-electron chi connectivity index (χ3n) is 2.74. The molecule has 0 saturated heterocycles. The molecule has 0 spiro atoms. The van der Waals surface area contributed by atoms with E-state index in [0.717, 1.165) is 19.4 Å². The summed E-state index contributed by atoms with van der Waals surface area (Å²) < 4.78 is 0. The van der Waals surface area contributed by atoms with Gasteiger partial charge >= 0.3 is 0 Å². The lowest BCUT2D eigenvalue weighted by atomic mass is 10.1. The Balaban J connectivity index is 2.07. The first-order chi connectivity index (χ1) is 7.86. The maximum atomic E-state index is 5.38. The second-order valence-corrected chi connectivity index (χ2v) is 4.02. The average molecular weight is 215 g/mol. The summed E-state index contributed by atoms with van der Waals surface area (Å²) in [7, 11) is 0. The first-order valence-electron chi connectivity index (χ1n) is 6.10. The zero-order valence-electron chi connectivity index (χ0n) is 10.1. The molecule has 0 heterocycles. The fourth-order valence-corrected chi connectivity index (χ4v) is 1.70. The Bertz CT molecular complexity index is 310. The number of hydrogen-bond donors (Lipinski definition) is 1. The molecule has 1 aromatic carbocycles. The smallest absolute Gasteiger partial charge is 0.0684 e. The molecule has 0 aliphatic rings. The summed E-state index contributed by atoms with van der Waals surface area (Å²) >= 11 is 0. The first-order valence-corrected chi connectivity index (χ1v) is 6.10. The molecule has 1 N–H and O–H groups in total. The first kappa shape index (κ1) is 12.8. The Morgan fingerprint density at radius 3 is 2.62 bits per heavy atom. The predicted molar refractivity (Wildman–Crippen MR) is 70.3 cm³/mol. The Kier molecular flexibility index (Phi) is 6.37. The summed E-state index contributed by atoms with van der Waals surface area (Å²) in [5.74, 6) is 2.75. The monoisotopic (exact) mass is 215 g/mol. The molecule has 1 nitrogen and oxygen atoms in total. The minimum absolute atomic E-state index is 0.247. The van der Waals surface area contributed by atoms with Crippen molar-refractivity contribution in [2.24, 2.45) is 0 Å². The Morgan fingerprint density at radius 1 is 1.25 bits per heavy atom. The fourth-order valence-electron chi connectivity index (χ4n) is 1.70. The third kappa shape index (κ3) is 5.00. The summed E-state index contributed by atoms with van der Waals surface area (Å²) in [5, 5.41) is 3.37. The summed E-state index contributed by atoms with van der Waals surface area (Å²) in [4.78, 5) is 0. The van der Waals surface area contributed by atoms with Crippen molar-refractivity contribution in [3.05, 3.63) is 35.9 Å². The van der Waals surface area contributed by atoms with E-state index in [0.29, 0.717) is 0 Å². The normalized spacial score (nSPS) is 12.0. The van der Waals surface area contributed by atoms with Crippen molar-refractivity contribution in [1.29, 1.82) is 0 Å². The van der Waals surface area contributed by atoms with E-state index in [2.05, 4.69) is 48.5 Å². The minimum atomic E-state index is 0.247. The predicted octanol–water partition coefficient (Wildman–Crippen LogP) is 3.01. The largest absolute Gasteiger partial charge is 0.304 e. The summed E-state index contributed by atoms with van der Waals surface area (Å²) in [6.07, 6.45) is 9.96. The molecule has 1 aromatic rings. The van der Waals surface area contributed by atoms with E-state index in [4.69, 9.17) is 6.42 Å². The molecular weight excluding hydrogens is 194 g/mol. The standard InChI is InChI=1S/C15H21N/c1-3-15(4-2)16-13-9-8-12-14-10-6-5-7-11-14/h1,5-7,10-11,15-16H,4,8-9,12-13H2,2H3. The highest BCUT2D eigenvalue weighted by Crippen LogP contribution is 2.03. The number of rotatable bonds is 7. The quantitative estimate of drug-likeness (QED) is 0.544. The van der Waals surface area contributed by atoms with Crippen molar-refractivity contribution in [3.63, 3.8) is 0 Å². The molecule has 0 radical (unpaired) electrons. The van der Waals surface area contributed by atoms with Crippen molar-refractivity contribution in [3.8, 4) is 12.3 Å². The number of aryl methyl sites for hydroxylation is 1. The van der Waals surface area contributed by atoms with Crippen LogP contribution in [0.3, 0.4) is 0 Å². The summed E-state index contributed by atoms with van der Waals surface area (Å²) in [6, 6.07) is 10.9. The van der Waals surface area contributed by atoms with E-state index in [1.165, 1.54) is 18.4 Å². The number of terminal acetylenes is 1. The van der Waals surface area contributed by atoms with Gasteiger partial charge in [0.05, 0.1) is 6.04 Å². The van der Waals surface area contributed by atoms with Gasteiger partial charge in [-0.05, 0) is 37.8 Å². The van der Waals surface area contributed by atoms with Crippen LogP contribution in [0.15, 0.2) is 30.3 Å².